The maximum atomic E-state index is 14.3. The van der Waals surface area contributed by atoms with Gasteiger partial charge < -0.3 is 0 Å². The van der Waals surface area contributed by atoms with Crippen molar-refractivity contribution in [1.29, 1.82) is 0 Å². The van der Waals surface area contributed by atoms with Gasteiger partial charge in [-0.3, -0.25) is 19.4 Å². The zero-order valence-corrected chi connectivity index (χ0v) is 23.7. The maximum absolute atomic E-state index is 14.3. The van der Waals surface area contributed by atoms with E-state index in [1.165, 1.54) is 0 Å². The molecule has 6 heteroatoms. The Kier molecular flexibility index (Phi) is 9.67. The van der Waals surface area contributed by atoms with Gasteiger partial charge in [-0.25, -0.2) is 0 Å². The summed E-state index contributed by atoms with van der Waals surface area (Å²) in [6.07, 6.45) is 5.98. The zero-order valence-electron chi connectivity index (χ0n) is 22.1. The van der Waals surface area contributed by atoms with Crippen LogP contribution >= 0.6 is 23.5 Å². The van der Waals surface area contributed by atoms with Crippen molar-refractivity contribution >= 4 is 35.1 Å². The summed E-state index contributed by atoms with van der Waals surface area (Å²) in [7, 11) is 0. The number of thioether (sulfide) groups is 2. The molecule has 0 spiro atoms. The van der Waals surface area contributed by atoms with Gasteiger partial charge in [0.2, 0.25) is 0 Å². The van der Waals surface area contributed by atoms with Crippen LogP contribution in [0.2, 0.25) is 0 Å². The molecule has 1 saturated carbocycles. The highest BCUT2D eigenvalue weighted by atomic mass is 32.2. The second-order valence-electron chi connectivity index (χ2n) is 9.20. The number of benzene rings is 2. The lowest BCUT2D eigenvalue weighted by Crippen LogP contribution is -2.59. The van der Waals surface area contributed by atoms with Crippen LogP contribution in [0.1, 0.15) is 67.7 Å². The molecule has 3 rings (SSSR count). The van der Waals surface area contributed by atoms with Crippen LogP contribution in [-0.2, 0) is 0 Å². The third-order valence-corrected chi connectivity index (χ3v) is 9.31. The van der Waals surface area contributed by atoms with E-state index in [1.807, 2.05) is 61.0 Å². The molecule has 1 aliphatic carbocycles. The van der Waals surface area contributed by atoms with Gasteiger partial charge in [-0.05, 0) is 82.2 Å². The fraction of sp³-hybridized carbons (Fsp3) is 0.517. The van der Waals surface area contributed by atoms with Crippen molar-refractivity contribution in [2.75, 3.05) is 38.7 Å². The van der Waals surface area contributed by atoms with Crippen LogP contribution in [0.15, 0.2) is 58.3 Å². The molecule has 35 heavy (non-hydrogen) atoms. The molecule has 4 nitrogen and oxygen atoms in total. The second kappa shape index (κ2) is 12.1. The van der Waals surface area contributed by atoms with Gasteiger partial charge in [-0.1, -0.05) is 52.0 Å². The average molecular weight is 513 g/mol. The third-order valence-electron chi connectivity index (χ3n) is 7.82. The lowest BCUT2D eigenvalue weighted by atomic mass is 9.79. The van der Waals surface area contributed by atoms with Crippen molar-refractivity contribution in [2.24, 2.45) is 0 Å². The Morgan fingerprint density at radius 2 is 0.971 bits per heavy atom. The number of Topliss-reactive ketones (excluding diaryl/α,β-unsaturated/α-hetero) is 2. The first-order chi connectivity index (χ1) is 16.8. The minimum Gasteiger partial charge on any atom is -0.292 e. The van der Waals surface area contributed by atoms with Crippen LogP contribution in [0.25, 0.3) is 0 Å². The molecule has 0 aliphatic heterocycles. The largest absolute Gasteiger partial charge is 0.292 e. The Bertz CT molecular complexity index is 919. The number of hydrogen-bond donors (Lipinski definition) is 0. The predicted molar refractivity (Wildman–Crippen MR) is 150 cm³/mol. The maximum Gasteiger partial charge on any atom is 0.183 e. The SMILES string of the molecule is CCN(CC)C1(C(=O)c2ccc(SC)cc2)CCC(C(=O)c2ccc(SC)cc2)(N(CC)CC)C1. The van der Waals surface area contributed by atoms with E-state index in [1.54, 1.807) is 23.5 Å². The number of hydrogen-bond acceptors (Lipinski definition) is 6. The van der Waals surface area contributed by atoms with E-state index in [0.29, 0.717) is 19.3 Å². The van der Waals surface area contributed by atoms with Crippen LogP contribution in [0.3, 0.4) is 0 Å². The predicted octanol–water partition coefficient (Wildman–Crippen LogP) is 6.54. The van der Waals surface area contributed by atoms with Crippen LogP contribution in [-0.4, -0.2) is 71.1 Å². The number of likely N-dealkylation sites (N-methyl/N-ethyl adjacent to an activating group) is 2. The number of carbonyl (C=O) groups is 2. The Morgan fingerprint density at radius 1 is 0.657 bits per heavy atom. The first kappa shape index (κ1) is 28.0. The minimum absolute atomic E-state index is 0.147. The first-order valence-electron chi connectivity index (χ1n) is 12.7. The fourth-order valence-electron chi connectivity index (χ4n) is 5.97. The van der Waals surface area contributed by atoms with Gasteiger partial charge in [0.15, 0.2) is 11.6 Å². The van der Waals surface area contributed by atoms with Crippen LogP contribution in [0, 0.1) is 0 Å². The van der Waals surface area contributed by atoms with Gasteiger partial charge in [0.1, 0.15) is 0 Å². The second-order valence-corrected chi connectivity index (χ2v) is 11.0. The molecular weight excluding hydrogens is 472 g/mol. The minimum atomic E-state index is -0.693. The lowest BCUT2D eigenvalue weighted by Gasteiger charge is -2.44. The highest BCUT2D eigenvalue weighted by Gasteiger charge is 2.59. The van der Waals surface area contributed by atoms with Crippen LogP contribution in [0.5, 0.6) is 0 Å². The van der Waals surface area contributed by atoms with E-state index in [9.17, 15) is 9.59 Å². The highest BCUT2D eigenvalue weighted by Crippen LogP contribution is 2.48. The van der Waals surface area contributed by atoms with Gasteiger partial charge >= 0.3 is 0 Å². The molecule has 2 atom stereocenters. The van der Waals surface area contributed by atoms with Crippen molar-refractivity contribution in [3.8, 4) is 0 Å². The molecule has 0 heterocycles. The van der Waals surface area contributed by atoms with Gasteiger partial charge in [-0.2, -0.15) is 0 Å². The highest BCUT2D eigenvalue weighted by molar-refractivity contribution is 7.98. The summed E-state index contributed by atoms with van der Waals surface area (Å²) in [5.41, 5.74) is 0.0903. The smallest absolute Gasteiger partial charge is 0.183 e. The number of ketones is 2. The van der Waals surface area contributed by atoms with E-state index in [4.69, 9.17) is 0 Å². The molecule has 0 saturated heterocycles. The molecule has 0 radical (unpaired) electrons. The van der Waals surface area contributed by atoms with Crippen molar-refractivity contribution in [3.63, 3.8) is 0 Å². The van der Waals surface area contributed by atoms with E-state index >= 15 is 0 Å². The summed E-state index contributed by atoms with van der Waals surface area (Å²) in [6, 6.07) is 15.9. The molecule has 0 amide bonds. The number of carbonyl (C=O) groups excluding carboxylic acids is 2. The van der Waals surface area contributed by atoms with Crippen molar-refractivity contribution in [3.05, 3.63) is 59.7 Å². The Hall–Kier alpha value is -1.60. The Morgan fingerprint density at radius 3 is 1.23 bits per heavy atom. The monoisotopic (exact) mass is 512 g/mol. The number of nitrogens with zero attached hydrogens (tertiary/aromatic N) is 2. The van der Waals surface area contributed by atoms with E-state index in [2.05, 4.69) is 37.5 Å². The molecule has 1 aliphatic rings. The first-order valence-corrected chi connectivity index (χ1v) is 15.2. The van der Waals surface area contributed by atoms with Crippen LogP contribution in [0.4, 0.5) is 0 Å². The topological polar surface area (TPSA) is 40.6 Å². The van der Waals surface area contributed by atoms with E-state index < -0.39 is 11.1 Å². The lowest BCUT2D eigenvalue weighted by molar-refractivity contribution is 0.0390. The molecule has 190 valence electrons. The molecule has 0 aromatic heterocycles. The summed E-state index contributed by atoms with van der Waals surface area (Å²) < 4.78 is 0. The van der Waals surface area contributed by atoms with Gasteiger partial charge in [-0.15, -0.1) is 23.5 Å². The molecular formula is C29H40N2O2S2. The van der Waals surface area contributed by atoms with Gasteiger partial charge in [0.05, 0.1) is 11.1 Å². The molecule has 0 bridgehead atoms. The molecule has 0 N–H and O–H groups in total. The molecule has 2 aromatic rings. The number of rotatable bonds is 12. The third kappa shape index (κ3) is 5.27. The molecule has 2 aromatic carbocycles. The fourth-order valence-corrected chi connectivity index (χ4v) is 6.79. The summed E-state index contributed by atoms with van der Waals surface area (Å²) in [4.78, 5) is 35.4. The van der Waals surface area contributed by atoms with Gasteiger partial charge in [0, 0.05) is 20.9 Å². The summed E-state index contributed by atoms with van der Waals surface area (Å²) in [6.45, 7) is 11.6. The molecule has 2 unspecified atom stereocenters. The Labute approximate surface area is 220 Å². The summed E-state index contributed by atoms with van der Waals surface area (Å²) in [5, 5.41) is 0. The van der Waals surface area contributed by atoms with E-state index in [-0.39, 0.29) is 11.6 Å². The van der Waals surface area contributed by atoms with Gasteiger partial charge in [0.25, 0.3) is 0 Å². The summed E-state index contributed by atoms with van der Waals surface area (Å²) in [5.74, 6) is 0.293. The molecule has 1 fully saturated rings. The summed E-state index contributed by atoms with van der Waals surface area (Å²) >= 11 is 3.35. The zero-order chi connectivity index (χ0) is 25.6. The van der Waals surface area contributed by atoms with Crippen molar-refractivity contribution < 1.29 is 9.59 Å². The van der Waals surface area contributed by atoms with Crippen molar-refractivity contribution in [2.45, 2.75) is 67.8 Å². The normalized spacial score (nSPS) is 22.2. The van der Waals surface area contributed by atoms with E-state index in [0.717, 1.165) is 47.1 Å². The average Bonchev–Trinajstić information content (AvgIpc) is 3.31. The van der Waals surface area contributed by atoms with Crippen LogP contribution < -0.4 is 0 Å². The van der Waals surface area contributed by atoms with Crippen molar-refractivity contribution in [1.82, 2.24) is 9.80 Å². The quantitative estimate of drug-likeness (QED) is 0.237. The Balaban J connectivity index is 2.10. The standard InChI is InChI=1S/C29H40N2O2S2/c1-7-30(8-2)28(26(32)22-11-15-24(34-5)16-12-22)19-20-29(21-28,31(9-3)10-4)27(33)23-13-17-25(35-6)18-14-23/h11-18H,7-10,19-21H2,1-6H3.